The van der Waals surface area contributed by atoms with Crippen LogP contribution in [-0.2, 0) is 0 Å². The Morgan fingerprint density at radius 3 is 0.612 bits per heavy atom. The summed E-state index contributed by atoms with van der Waals surface area (Å²) in [7, 11) is 0. The summed E-state index contributed by atoms with van der Waals surface area (Å²) in [4.78, 5) is 48.3. The standard InChI is InChI=1S/C96H112O20/c1-5-9-13-37-69-73-53-75-70(38-14-10-6-2)77-55-79-72(40-16-12-8-4)80-56-78-71(39-15-11-7-3)76-54-74(69)86-94(106-50-30-26-46-102-82-42-22-18-34-66(82)58-98)88(76)112-63-114-90(78)96(108-52-32-28-48-104-84-44-24-20-36-68(84)60-100)92(80)116-64-115-91(79)95(107-51-31-27-47-103-83-43-23-19-35-67(83)59-99)89(77)113-62-111-87(75)93(85(73)109-61-110-86)105-49-29-25-45-101-81-41-21-17-33-65(81)57-97/h17-24,33-36,41-44,53-60,69-72H,5-16,25-32,37-40,45-52,61-64H2,1-4H3. The lowest BCUT2D eigenvalue weighted by Gasteiger charge is -2.37. The van der Waals surface area contributed by atoms with Gasteiger partial charge in [0, 0.05) is 68.2 Å². The molecule has 116 heavy (non-hydrogen) atoms. The third-order valence-corrected chi connectivity index (χ3v) is 22.4. The zero-order valence-corrected chi connectivity index (χ0v) is 67.8. The van der Waals surface area contributed by atoms with Crippen molar-refractivity contribution in [2.45, 2.75) is 205 Å². The Morgan fingerprint density at radius 2 is 0.431 bits per heavy atom. The minimum atomic E-state index is -0.414. The molecule has 0 saturated heterocycles. The number of benzene rings is 8. The third kappa shape index (κ3) is 19.8. The van der Waals surface area contributed by atoms with Gasteiger partial charge in [-0.2, -0.15) is 0 Å². The number of carbonyl (C=O) groups is 4. The molecule has 1 aliphatic carbocycles. The molecule has 20 heteroatoms. The number of carbonyl (C=O) groups excluding carboxylic acids is 4. The van der Waals surface area contributed by atoms with E-state index in [1.54, 1.807) is 24.3 Å². The number of hydrogen-bond donors (Lipinski definition) is 0. The first-order valence-electron chi connectivity index (χ1n) is 42.4. The minimum Gasteiger partial charge on any atom is -0.493 e. The molecule has 13 rings (SSSR count). The molecular formula is C96H112O20. The van der Waals surface area contributed by atoms with Crippen molar-refractivity contribution in [3.63, 3.8) is 0 Å². The van der Waals surface area contributed by atoms with Gasteiger partial charge in [0.15, 0.2) is 71.1 Å². The normalized spacial score (nSPS) is 15.7. The average molecular weight is 1590 g/mol. The Kier molecular flexibility index (Phi) is 30.6. The van der Waals surface area contributed by atoms with E-state index in [1.165, 1.54) is 0 Å². The molecular weight excluding hydrogens is 1470 g/mol. The maximum Gasteiger partial charge on any atom is 0.231 e. The van der Waals surface area contributed by atoms with Crippen LogP contribution < -0.4 is 75.8 Å². The third-order valence-electron chi connectivity index (χ3n) is 22.4. The van der Waals surface area contributed by atoms with Crippen LogP contribution in [0.4, 0.5) is 0 Å². The Hall–Kier alpha value is -10.8. The minimum absolute atomic E-state index is 0.252. The Labute approximate surface area is 682 Å². The summed E-state index contributed by atoms with van der Waals surface area (Å²) in [5.74, 6) is 6.23. The molecule has 0 fully saturated rings. The Bertz CT molecular complexity index is 3890. The fraction of sp³-hybridized carbons (Fsp3) is 0.458. The highest BCUT2D eigenvalue weighted by atomic mass is 16.7. The van der Waals surface area contributed by atoms with Crippen LogP contribution in [0.5, 0.6) is 92.0 Å². The Morgan fingerprint density at radius 1 is 0.250 bits per heavy atom. The lowest BCUT2D eigenvalue weighted by atomic mass is 9.75. The summed E-state index contributed by atoms with van der Waals surface area (Å²) in [6.07, 6.45) is 21.7. The van der Waals surface area contributed by atoms with Gasteiger partial charge < -0.3 is 75.8 Å². The molecule has 0 unspecified atom stereocenters. The molecule has 0 saturated carbocycles. The monoisotopic (exact) mass is 1580 g/mol. The van der Waals surface area contributed by atoms with Crippen molar-refractivity contribution in [2.24, 2.45) is 0 Å². The first-order valence-corrected chi connectivity index (χ1v) is 42.4. The first-order chi connectivity index (χ1) is 57.3. The maximum atomic E-state index is 12.1. The van der Waals surface area contributed by atoms with Crippen LogP contribution in [0.1, 0.15) is 291 Å². The predicted molar refractivity (Wildman–Crippen MR) is 442 cm³/mol. The molecule has 8 bridgehead atoms. The van der Waals surface area contributed by atoms with Gasteiger partial charge in [-0.25, -0.2) is 0 Å². The van der Waals surface area contributed by atoms with Crippen LogP contribution in [-0.4, -0.2) is 105 Å². The van der Waals surface area contributed by atoms with Crippen LogP contribution in [0.15, 0.2) is 121 Å². The van der Waals surface area contributed by atoms with Gasteiger partial charge in [0.2, 0.25) is 50.2 Å². The summed E-state index contributed by atoms with van der Waals surface area (Å²) in [6.45, 7) is 10.3. The molecule has 4 aliphatic heterocycles. The maximum absolute atomic E-state index is 12.1. The summed E-state index contributed by atoms with van der Waals surface area (Å²) < 4.78 is 112. The summed E-state index contributed by atoms with van der Waals surface area (Å²) in [5, 5.41) is 0. The average Bonchev–Trinajstić information content (AvgIpc) is 0.721. The van der Waals surface area contributed by atoms with Crippen LogP contribution in [0.2, 0.25) is 0 Å². The van der Waals surface area contributed by atoms with Gasteiger partial charge in [0.25, 0.3) is 0 Å². The van der Waals surface area contributed by atoms with E-state index in [-0.39, 0.29) is 53.6 Å². The van der Waals surface area contributed by atoms with Crippen LogP contribution in [0, 0.1) is 0 Å². The molecule has 4 heterocycles. The molecule has 0 atom stereocenters. The highest BCUT2D eigenvalue weighted by molar-refractivity contribution is 5.81. The lowest BCUT2D eigenvalue weighted by Crippen LogP contribution is -2.24. The van der Waals surface area contributed by atoms with Crippen molar-refractivity contribution in [3.05, 3.63) is 188 Å². The molecule has 20 nitrogen and oxygen atoms in total. The van der Waals surface area contributed by atoms with Crippen molar-refractivity contribution in [2.75, 3.05) is 80.0 Å². The Balaban J connectivity index is 1.04. The summed E-state index contributed by atoms with van der Waals surface area (Å²) in [5.41, 5.74) is 9.19. The highest BCUT2D eigenvalue weighted by Gasteiger charge is 2.43. The van der Waals surface area contributed by atoms with E-state index in [9.17, 15) is 19.2 Å². The number of ether oxygens (including phenoxy) is 16. The van der Waals surface area contributed by atoms with Crippen molar-refractivity contribution in [3.8, 4) is 92.0 Å². The zero-order valence-electron chi connectivity index (χ0n) is 67.8. The van der Waals surface area contributed by atoms with Crippen molar-refractivity contribution >= 4 is 25.1 Å². The van der Waals surface area contributed by atoms with E-state index >= 15 is 0 Å². The van der Waals surface area contributed by atoms with E-state index < -0.39 is 23.7 Å². The predicted octanol–water partition coefficient (Wildman–Crippen LogP) is 22.0. The smallest absolute Gasteiger partial charge is 0.231 e. The first kappa shape index (κ1) is 83.2. The quantitative estimate of drug-likeness (QED) is 0.0256. The van der Waals surface area contributed by atoms with Gasteiger partial charge >= 0.3 is 0 Å². The van der Waals surface area contributed by atoms with Gasteiger partial charge in [-0.05, 0) is 150 Å². The van der Waals surface area contributed by atoms with Gasteiger partial charge in [-0.1, -0.05) is 153 Å². The summed E-state index contributed by atoms with van der Waals surface area (Å²) in [6, 6.07) is 38.3. The number of aldehydes is 4. The SMILES string of the molecule is CCCCCC1c2cc3c4c(OCCCCOc5ccccc5C=O)c2OCOc2c1cc1c(c2OCCCCOc2ccccc2C=O)OCOc2c(cc5c(c2OCCCCOc2ccccc2C=O)OCOc2c(cc(c(c2OCCCCOc2ccccc2C=O)OCO4)C3CCCCC)C5CCCCC)C1CCCCC. The van der Waals surface area contributed by atoms with Gasteiger partial charge in [-0.3, -0.25) is 19.2 Å². The molecule has 8 aromatic carbocycles. The lowest BCUT2D eigenvalue weighted by molar-refractivity contribution is 0.0818. The van der Waals surface area contributed by atoms with Crippen LogP contribution >= 0.6 is 0 Å². The van der Waals surface area contributed by atoms with Crippen molar-refractivity contribution < 1.29 is 95.0 Å². The highest BCUT2D eigenvalue weighted by Crippen LogP contribution is 2.63. The van der Waals surface area contributed by atoms with E-state index in [1.807, 2.05) is 72.8 Å². The fourth-order valence-corrected chi connectivity index (χ4v) is 16.4. The van der Waals surface area contributed by atoms with E-state index in [4.69, 9.17) is 75.8 Å². The second kappa shape index (κ2) is 42.7. The molecule has 0 radical (unpaired) electrons. The summed E-state index contributed by atoms with van der Waals surface area (Å²) >= 11 is 0. The second-order valence-electron chi connectivity index (χ2n) is 30.2. The second-order valence-corrected chi connectivity index (χ2v) is 30.2. The van der Waals surface area contributed by atoms with Crippen molar-refractivity contribution in [1.29, 1.82) is 0 Å². The molecule has 8 aromatic rings. The fourth-order valence-electron chi connectivity index (χ4n) is 16.4. The van der Waals surface area contributed by atoms with E-state index in [2.05, 4.69) is 52.0 Å². The van der Waals surface area contributed by atoms with Gasteiger partial charge in [0.05, 0.1) is 75.1 Å². The molecule has 0 spiro atoms. The van der Waals surface area contributed by atoms with Crippen LogP contribution in [0.25, 0.3) is 0 Å². The van der Waals surface area contributed by atoms with Gasteiger partial charge in [-0.15, -0.1) is 0 Å². The van der Waals surface area contributed by atoms with E-state index in [0.717, 1.165) is 147 Å². The molecule has 0 N–H and O–H groups in total. The van der Waals surface area contributed by atoms with Gasteiger partial charge in [0.1, 0.15) is 23.0 Å². The number of para-hydroxylation sites is 4. The molecule has 5 aliphatic rings. The zero-order chi connectivity index (χ0) is 80.2. The van der Waals surface area contributed by atoms with Crippen molar-refractivity contribution in [1.82, 2.24) is 0 Å². The molecule has 0 aromatic heterocycles. The molecule has 616 valence electrons. The number of rotatable bonds is 48. The number of unbranched alkanes of at least 4 members (excludes halogenated alkanes) is 12. The van der Waals surface area contributed by atoms with E-state index in [0.29, 0.717) is 218 Å². The largest absolute Gasteiger partial charge is 0.493 e. The topological polar surface area (TPSA) is 216 Å². The van der Waals surface area contributed by atoms with Crippen LogP contribution in [0.3, 0.4) is 0 Å². The molecule has 0 amide bonds. The number of hydrogen-bond acceptors (Lipinski definition) is 20.